The van der Waals surface area contributed by atoms with Gasteiger partial charge in [-0.05, 0) is 36.3 Å². The summed E-state index contributed by atoms with van der Waals surface area (Å²) in [5, 5.41) is 5.09. The van der Waals surface area contributed by atoms with E-state index in [4.69, 9.17) is 4.52 Å². The zero-order chi connectivity index (χ0) is 20.3. The van der Waals surface area contributed by atoms with Crippen molar-refractivity contribution in [3.8, 4) is 11.4 Å². The molecule has 4 aromatic rings. The third-order valence-corrected chi connectivity index (χ3v) is 5.30. The summed E-state index contributed by atoms with van der Waals surface area (Å²) in [7, 11) is 0. The number of carbonyl (C=O) groups excluding carboxylic acids is 1. The fourth-order valence-corrected chi connectivity index (χ4v) is 3.70. The van der Waals surface area contributed by atoms with Crippen LogP contribution >= 0.6 is 0 Å². The average molecular weight is 400 g/mol. The second kappa shape index (κ2) is 7.90. The lowest BCUT2D eigenvalue weighted by Gasteiger charge is -2.26. The summed E-state index contributed by atoms with van der Waals surface area (Å²) in [5.41, 5.74) is 4.09. The van der Waals surface area contributed by atoms with Gasteiger partial charge in [-0.25, -0.2) is 4.98 Å². The molecular weight excluding hydrogens is 380 g/mol. The largest absolute Gasteiger partial charge is 0.346 e. The Morgan fingerprint density at radius 3 is 3.00 bits per heavy atom. The summed E-state index contributed by atoms with van der Waals surface area (Å²) in [6, 6.07) is 7.70. The Balaban J connectivity index is 1.20. The molecule has 8 nitrogen and oxygen atoms in total. The van der Waals surface area contributed by atoms with Gasteiger partial charge in [-0.3, -0.25) is 9.78 Å². The second-order valence-corrected chi connectivity index (χ2v) is 7.17. The summed E-state index contributed by atoms with van der Waals surface area (Å²) in [5.74, 6) is 1.04. The Kier molecular flexibility index (Phi) is 4.80. The number of carbonyl (C=O) groups is 1. The van der Waals surface area contributed by atoms with Crippen molar-refractivity contribution in [3.63, 3.8) is 0 Å². The fourth-order valence-electron chi connectivity index (χ4n) is 3.70. The second-order valence-electron chi connectivity index (χ2n) is 7.17. The highest BCUT2D eigenvalue weighted by Gasteiger charge is 2.20. The normalized spacial score (nSPS) is 14.1. The minimum absolute atomic E-state index is 0.0898. The van der Waals surface area contributed by atoms with Crippen LogP contribution in [0.25, 0.3) is 28.0 Å². The van der Waals surface area contributed by atoms with Crippen LogP contribution in [0.3, 0.4) is 0 Å². The number of rotatable bonds is 5. The van der Waals surface area contributed by atoms with Crippen LogP contribution in [-0.2, 0) is 11.2 Å². The molecule has 0 atom stereocenters. The average Bonchev–Trinajstić information content (AvgIpc) is 3.46. The molecule has 1 aliphatic heterocycles. The Morgan fingerprint density at radius 1 is 1.23 bits per heavy atom. The number of aromatic amines is 1. The Bertz CT molecular complexity index is 1210. The predicted molar refractivity (Wildman–Crippen MR) is 111 cm³/mol. The monoisotopic (exact) mass is 400 g/mol. The molecule has 0 unspecified atom stereocenters. The number of aryl methyl sites for hydroxylation is 1. The summed E-state index contributed by atoms with van der Waals surface area (Å²) >= 11 is 0. The number of nitrogens with zero attached hydrogens (tertiary/aromatic N) is 5. The number of fused-ring (bicyclic) bond motifs is 1. The highest BCUT2D eigenvalue weighted by molar-refractivity contribution is 5.91. The molecule has 0 bridgehead atoms. The maximum atomic E-state index is 12.6. The molecule has 1 N–H and O–H groups in total. The Labute approximate surface area is 172 Å². The molecule has 0 aliphatic carbocycles. The van der Waals surface area contributed by atoms with Gasteiger partial charge in [0.15, 0.2) is 0 Å². The zero-order valence-electron chi connectivity index (χ0n) is 16.3. The lowest BCUT2D eigenvalue weighted by Crippen LogP contribution is -2.34. The van der Waals surface area contributed by atoms with Crippen molar-refractivity contribution < 1.29 is 9.32 Å². The van der Waals surface area contributed by atoms with Crippen molar-refractivity contribution in [3.05, 3.63) is 66.6 Å². The smallest absolute Gasteiger partial charge is 0.227 e. The molecule has 0 radical (unpaired) electrons. The van der Waals surface area contributed by atoms with E-state index in [0.29, 0.717) is 37.6 Å². The molecule has 5 heterocycles. The van der Waals surface area contributed by atoms with E-state index in [1.807, 2.05) is 29.3 Å². The van der Waals surface area contributed by atoms with Crippen molar-refractivity contribution in [1.29, 1.82) is 0 Å². The maximum absolute atomic E-state index is 12.6. The van der Waals surface area contributed by atoms with E-state index in [1.54, 1.807) is 18.6 Å². The van der Waals surface area contributed by atoms with Gasteiger partial charge in [0.05, 0.1) is 0 Å². The lowest BCUT2D eigenvalue weighted by molar-refractivity contribution is -0.130. The minimum Gasteiger partial charge on any atom is -0.346 e. The maximum Gasteiger partial charge on any atom is 0.227 e. The van der Waals surface area contributed by atoms with Crippen molar-refractivity contribution in [1.82, 2.24) is 30.0 Å². The van der Waals surface area contributed by atoms with E-state index >= 15 is 0 Å². The predicted octanol–water partition coefficient (Wildman–Crippen LogP) is 3.26. The molecule has 0 aromatic carbocycles. The van der Waals surface area contributed by atoms with Crippen LogP contribution in [0.1, 0.15) is 24.3 Å². The Morgan fingerprint density at radius 2 is 2.17 bits per heavy atom. The number of aromatic nitrogens is 5. The van der Waals surface area contributed by atoms with Gasteiger partial charge in [0.25, 0.3) is 0 Å². The van der Waals surface area contributed by atoms with Gasteiger partial charge in [-0.15, -0.1) is 0 Å². The van der Waals surface area contributed by atoms with Crippen molar-refractivity contribution in [2.24, 2.45) is 0 Å². The highest BCUT2D eigenvalue weighted by atomic mass is 16.5. The molecule has 5 rings (SSSR count). The molecule has 8 heteroatoms. The topological polar surface area (TPSA) is 101 Å². The first-order valence-electron chi connectivity index (χ1n) is 9.90. The molecule has 0 saturated heterocycles. The summed E-state index contributed by atoms with van der Waals surface area (Å²) < 4.78 is 5.28. The molecule has 30 heavy (non-hydrogen) atoms. The Hall–Kier alpha value is -3.81. The summed E-state index contributed by atoms with van der Waals surface area (Å²) in [4.78, 5) is 30.5. The third-order valence-electron chi connectivity index (χ3n) is 5.30. The highest BCUT2D eigenvalue weighted by Crippen LogP contribution is 2.28. The summed E-state index contributed by atoms with van der Waals surface area (Å²) in [6.07, 6.45) is 10.9. The van der Waals surface area contributed by atoms with Crippen LogP contribution in [0.2, 0.25) is 0 Å². The van der Waals surface area contributed by atoms with E-state index in [9.17, 15) is 4.79 Å². The molecule has 150 valence electrons. The van der Waals surface area contributed by atoms with Crippen LogP contribution in [-0.4, -0.2) is 49.0 Å². The van der Waals surface area contributed by atoms with Gasteiger partial charge >= 0.3 is 0 Å². The zero-order valence-corrected chi connectivity index (χ0v) is 16.3. The number of pyridine rings is 2. The standard InChI is InChI=1S/C22H20N6O2/c29-20(6-5-19-26-21(27-30-19)16-3-1-9-23-13-16)28-11-7-15(8-12-28)18-14-25-22-17(18)4-2-10-24-22/h1-4,7,9-10,13-14H,5-6,8,11-12H2,(H,24,25). The van der Waals surface area contributed by atoms with Crippen molar-refractivity contribution in [2.75, 3.05) is 13.1 Å². The van der Waals surface area contributed by atoms with Crippen LogP contribution < -0.4 is 0 Å². The first-order chi connectivity index (χ1) is 14.8. The fraction of sp³-hybridized carbons (Fsp3) is 0.227. The number of nitrogens with one attached hydrogen (secondary N) is 1. The molecule has 0 fully saturated rings. The summed E-state index contributed by atoms with van der Waals surface area (Å²) in [6.45, 7) is 1.30. The van der Waals surface area contributed by atoms with Gasteiger partial charge in [-0.1, -0.05) is 11.2 Å². The van der Waals surface area contributed by atoms with Crippen molar-refractivity contribution >= 4 is 22.5 Å². The number of amides is 1. The molecule has 1 amide bonds. The van der Waals surface area contributed by atoms with Crippen LogP contribution in [0.5, 0.6) is 0 Å². The lowest BCUT2D eigenvalue weighted by atomic mass is 9.99. The van der Waals surface area contributed by atoms with Crippen LogP contribution in [0.4, 0.5) is 0 Å². The van der Waals surface area contributed by atoms with Gasteiger partial charge in [0, 0.05) is 67.2 Å². The van der Waals surface area contributed by atoms with Crippen LogP contribution in [0, 0.1) is 0 Å². The van der Waals surface area contributed by atoms with E-state index in [0.717, 1.165) is 23.0 Å². The van der Waals surface area contributed by atoms with Crippen LogP contribution in [0.15, 0.2) is 59.7 Å². The van der Waals surface area contributed by atoms with E-state index < -0.39 is 0 Å². The SMILES string of the molecule is O=C(CCc1nc(-c2cccnc2)no1)N1CC=C(c2c[nH]c3ncccc23)CC1. The van der Waals surface area contributed by atoms with Gasteiger partial charge in [0.1, 0.15) is 5.65 Å². The number of hydrogen-bond donors (Lipinski definition) is 1. The van der Waals surface area contributed by atoms with Gasteiger partial charge in [-0.2, -0.15) is 4.98 Å². The van der Waals surface area contributed by atoms with Gasteiger partial charge < -0.3 is 14.4 Å². The minimum atomic E-state index is 0.0898. The first kappa shape index (κ1) is 18.2. The molecule has 1 aliphatic rings. The van der Waals surface area contributed by atoms with Gasteiger partial charge in [0.2, 0.25) is 17.6 Å². The number of H-pyrrole nitrogens is 1. The quantitative estimate of drug-likeness (QED) is 0.552. The third kappa shape index (κ3) is 3.59. The van der Waals surface area contributed by atoms with E-state index in [1.165, 1.54) is 11.1 Å². The number of hydrogen-bond acceptors (Lipinski definition) is 6. The van der Waals surface area contributed by atoms with E-state index in [-0.39, 0.29) is 5.91 Å². The molecule has 0 saturated carbocycles. The first-order valence-corrected chi connectivity index (χ1v) is 9.90. The molecule has 0 spiro atoms. The molecule has 4 aromatic heterocycles. The van der Waals surface area contributed by atoms with E-state index in [2.05, 4.69) is 37.2 Å². The van der Waals surface area contributed by atoms with Crippen molar-refractivity contribution in [2.45, 2.75) is 19.3 Å². The molecular formula is C22H20N6O2.